The van der Waals surface area contributed by atoms with Gasteiger partial charge in [0.25, 0.3) is 5.63 Å². The van der Waals surface area contributed by atoms with E-state index in [1.54, 1.807) is 13.0 Å². The topological polar surface area (TPSA) is 30.2 Å². The maximum atomic E-state index is 11.0. The molecule has 0 aliphatic carbocycles. The summed E-state index contributed by atoms with van der Waals surface area (Å²) in [6.45, 7) is 1.69. The summed E-state index contributed by atoms with van der Waals surface area (Å²) in [6, 6.07) is 10.3. The van der Waals surface area contributed by atoms with Gasteiger partial charge >= 0.3 is 32.7 Å². The summed E-state index contributed by atoms with van der Waals surface area (Å²) in [5.41, 5.74) is 0.801. The molecule has 0 atom stereocenters. The summed E-state index contributed by atoms with van der Waals surface area (Å²) in [6.07, 6.45) is 0. The van der Waals surface area contributed by atoms with E-state index < -0.39 is 0 Å². The summed E-state index contributed by atoms with van der Waals surface area (Å²) in [7, 11) is 0. The predicted molar refractivity (Wildman–Crippen MR) is 46.1 cm³/mol. The van der Waals surface area contributed by atoms with Gasteiger partial charge in [0.1, 0.15) is 0 Å². The first-order chi connectivity index (χ1) is 5.77. The van der Waals surface area contributed by atoms with Gasteiger partial charge in [-0.3, -0.25) is 0 Å². The van der Waals surface area contributed by atoms with Gasteiger partial charge in [0, 0.05) is 5.58 Å². The molecule has 60 valence electrons. The summed E-state index contributed by atoms with van der Waals surface area (Å²) >= 11 is 0. The van der Waals surface area contributed by atoms with Crippen LogP contribution in [0.4, 0.5) is 0 Å². The number of fused-ring (bicyclic) bond motifs is 1. The van der Waals surface area contributed by atoms with Crippen LogP contribution in [-0.2, 0) is 32.7 Å². The molecule has 0 radical (unpaired) electrons. The van der Waals surface area contributed by atoms with Gasteiger partial charge < -0.3 is 9.21 Å². The predicted octanol–water partition coefficient (Wildman–Crippen LogP) is 1.90. The van der Waals surface area contributed by atoms with Gasteiger partial charge in [-0.15, -0.1) is 23.6 Å². The minimum Gasteiger partial charge on any atom is -0.515 e. The van der Waals surface area contributed by atoms with Crippen molar-refractivity contribution >= 4 is 11.0 Å². The standard InChI is InChI=1S/C10H7O2.Y/c1-7-6-8-4-2-3-5-9(8)12-10(7)11;/h2-5H,1H3;/q-1;+3. The molecule has 0 saturated carbocycles. The van der Waals surface area contributed by atoms with Crippen LogP contribution in [0, 0.1) is 13.0 Å². The van der Waals surface area contributed by atoms with E-state index in [0.717, 1.165) is 5.39 Å². The van der Waals surface area contributed by atoms with Crippen molar-refractivity contribution in [3.8, 4) is 0 Å². The Morgan fingerprint density at radius 3 is 2.77 bits per heavy atom. The first kappa shape index (κ1) is 10.6. The van der Waals surface area contributed by atoms with E-state index in [0.29, 0.717) is 11.1 Å². The van der Waals surface area contributed by atoms with Crippen LogP contribution >= 0.6 is 0 Å². The number of para-hydroxylation sites is 1. The number of hydrogen-bond donors (Lipinski definition) is 0. The first-order valence-electron chi connectivity index (χ1n) is 3.69. The Hall–Kier alpha value is -0.466. The van der Waals surface area contributed by atoms with E-state index in [1.165, 1.54) is 0 Å². The van der Waals surface area contributed by atoms with Gasteiger partial charge in [0.05, 0.1) is 0 Å². The summed E-state index contributed by atoms with van der Waals surface area (Å²) < 4.78 is 5.01. The van der Waals surface area contributed by atoms with Gasteiger partial charge in [-0.1, -0.05) is 24.6 Å². The van der Waals surface area contributed by atoms with Gasteiger partial charge in [0.15, 0.2) is 0 Å². The van der Waals surface area contributed by atoms with Crippen molar-refractivity contribution in [3.05, 3.63) is 46.3 Å². The van der Waals surface area contributed by atoms with Crippen LogP contribution in [0.15, 0.2) is 33.5 Å². The van der Waals surface area contributed by atoms with Crippen molar-refractivity contribution < 1.29 is 37.1 Å². The van der Waals surface area contributed by atoms with Crippen molar-refractivity contribution in [2.24, 2.45) is 0 Å². The van der Waals surface area contributed by atoms with Crippen molar-refractivity contribution in [1.29, 1.82) is 0 Å². The Kier molecular flexibility index (Phi) is 3.40. The maximum Gasteiger partial charge on any atom is 3.00 e. The molecule has 0 bridgehead atoms. The summed E-state index contributed by atoms with van der Waals surface area (Å²) in [5.74, 6) is 0. The fraction of sp³-hybridized carbons (Fsp3) is 0.100. The average molecular weight is 248 g/mol. The quantitative estimate of drug-likeness (QED) is 0.526. The fourth-order valence-electron chi connectivity index (χ4n) is 1.09. The molecule has 13 heavy (non-hydrogen) atoms. The molecule has 1 aromatic heterocycles. The SMILES string of the molecule is Cc1[c-]c2ccccc2oc1=O.[Y+3]. The molecule has 1 heterocycles. The van der Waals surface area contributed by atoms with Crippen LogP contribution in [0.25, 0.3) is 11.0 Å². The van der Waals surface area contributed by atoms with Crippen molar-refractivity contribution in [2.75, 3.05) is 0 Å². The van der Waals surface area contributed by atoms with Crippen molar-refractivity contribution in [3.63, 3.8) is 0 Å². The third-order valence-corrected chi connectivity index (χ3v) is 1.72. The van der Waals surface area contributed by atoms with Gasteiger partial charge in [0.2, 0.25) is 0 Å². The molecular formula is C10H7O2Y+2. The Labute approximate surface area is 101 Å². The van der Waals surface area contributed by atoms with Gasteiger partial charge in [-0.05, 0) is 0 Å². The van der Waals surface area contributed by atoms with E-state index in [-0.39, 0.29) is 38.3 Å². The van der Waals surface area contributed by atoms with E-state index in [2.05, 4.69) is 6.07 Å². The zero-order valence-corrected chi connectivity index (χ0v) is 10.0. The Morgan fingerprint density at radius 1 is 1.31 bits per heavy atom. The minimum atomic E-state index is -0.311. The van der Waals surface area contributed by atoms with E-state index in [4.69, 9.17) is 4.42 Å². The maximum absolute atomic E-state index is 11.0. The third kappa shape index (κ3) is 2.06. The molecule has 0 aliphatic rings. The first-order valence-corrected chi connectivity index (χ1v) is 3.69. The number of aryl methyl sites for hydroxylation is 1. The molecule has 3 heteroatoms. The molecule has 1 aromatic carbocycles. The molecule has 0 saturated heterocycles. The molecule has 2 rings (SSSR count). The molecule has 0 N–H and O–H groups in total. The number of rotatable bonds is 0. The van der Waals surface area contributed by atoms with E-state index >= 15 is 0 Å². The van der Waals surface area contributed by atoms with Crippen molar-refractivity contribution in [2.45, 2.75) is 6.92 Å². The molecule has 2 nitrogen and oxygen atoms in total. The molecule has 0 aliphatic heterocycles. The largest absolute Gasteiger partial charge is 3.00 e. The Balaban J connectivity index is 0.000000845. The van der Waals surface area contributed by atoms with Crippen molar-refractivity contribution in [1.82, 2.24) is 0 Å². The molecule has 0 amide bonds. The second kappa shape index (κ2) is 4.16. The second-order valence-electron chi connectivity index (χ2n) is 2.64. The number of hydrogen-bond acceptors (Lipinski definition) is 2. The molecule has 0 fully saturated rings. The van der Waals surface area contributed by atoms with Gasteiger partial charge in [-0.25, -0.2) is 0 Å². The minimum absolute atomic E-state index is 0. The van der Waals surface area contributed by atoms with Crippen LogP contribution in [0.2, 0.25) is 0 Å². The second-order valence-corrected chi connectivity index (χ2v) is 2.64. The third-order valence-electron chi connectivity index (χ3n) is 1.72. The molecular weight excluding hydrogens is 241 g/mol. The van der Waals surface area contributed by atoms with Crippen LogP contribution in [-0.4, -0.2) is 0 Å². The van der Waals surface area contributed by atoms with E-state index in [1.807, 2.05) is 18.2 Å². The smallest absolute Gasteiger partial charge is 0.515 e. The van der Waals surface area contributed by atoms with Crippen LogP contribution in [0.1, 0.15) is 5.56 Å². The summed E-state index contributed by atoms with van der Waals surface area (Å²) in [4.78, 5) is 11.0. The zero-order chi connectivity index (χ0) is 8.55. The molecule has 0 spiro atoms. The average Bonchev–Trinajstić information content (AvgIpc) is 2.07. The number of benzene rings is 1. The van der Waals surface area contributed by atoms with Crippen LogP contribution < -0.4 is 5.63 Å². The molecule has 0 unspecified atom stereocenters. The van der Waals surface area contributed by atoms with E-state index in [9.17, 15) is 4.79 Å². The normalized spacial score (nSPS) is 9.62. The molecule has 2 aromatic rings. The van der Waals surface area contributed by atoms with Gasteiger partial charge in [-0.2, -0.15) is 0 Å². The van der Waals surface area contributed by atoms with Crippen LogP contribution in [0.3, 0.4) is 0 Å². The monoisotopic (exact) mass is 248 g/mol. The Bertz CT molecular complexity index is 474. The fourth-order valence-corrected chi connectivity index (χ4v) is 1.09. The summed E-state index contributed by atoms with van der Waals surface area (Å²) in [5, 5.41) is 0.842. The Morgan fingerprint density at radius 2 is 2.00 bits per heavy atom. The zero-order valence-electron chi connectivity index (χ0n) is 7.20. The van der Waals surface area contributed by atoms with Crippen LogP contribution in [0.5, 0.6) is 0 Å².